The molecule has 0 spiro atoms. The van der Waals surface area contributed by atoms with Gasteiger partial charge < -0.3 is 0 Å². The van der Waals surface area contributed by atoms with E-state index >= 15 is 0 Å². The third-order valence-electron chi connectivity index (χ3n) is 2.40. The number of halogens is 2. The van der Waals surface area contributed by atoms with Gasteiger partial charge >= 0.3 is 6.05 Å². The molecule has 0 unspecified atom stereocenters. The third-order valence-corrected chi connectivity index (χ3v) is 2.40. The molecule has 0 aromatic rings. The van der Waals surface area contributed by atoms with Gasteiger partial charge in [-0.1, -0.05) is 0 Å². The van der Waals surface area contributed by atoms with Crippen molar-refractivity contribution >= 4 is 0 Å². The van der Waals surface area contributed by atoms with Crippen LogP contribution in [-0.2, 0) is 0 Å². The molecular weight excluding hydrogens is 162 g/mol. The molecule has 1 aliphatic rings. The monoisotopic (exact) mass is 178 g/mol. The molecule has 0 amide bonds. The van der Waals surface area contributed by atoms with E-state index in [0.29, 0.717) is 6.54 Å². The van der Waals surface area contributed by atoms with E-state index in [2.05, 4.69) is 0 Å². The van der Waals surface area contributed by atoms with E-state index < -0.39 is 6.05 Å². The molecule has 2 nitrogen and oxygen atoms in total. The Morgan fingerprint density at radius 3 is 2.25 bits per heavy atom. The van der Waals surface area contributed by atoms with Gasteiger partial charge in [0.15, 0.2) is 0 Å². The Bertz CT molecular complexity index is 159. The summed E-state index contributed by atoms with van der Waals surface area (Å²) in [6, 6.07) is -2.44. The SMILES string of the molecule is CC(C)N1CCN(C)C(F)(F)C1. The molecule has 12 heavy (non-hydrogen) atoms. The molecule has 0 bridgehead atoms. The van der Waals surface area contributed by atoms with Crippen molar-refractivity contribution in [3.8, 4) is 0 Å². The summed E-state index contributed by atoms with van der Waals surface area (Å²) in [6.07, 6.45) is 0. The zero-order chi connectivity index (χ0) is 9.35. The van der Waals surface area contributed by atoms with Gasteiger partial charge in [-0.15, -0.1) is 0 Å². The summed E-state index contributed by atoms with van der Waals surface area (Å²) in [4.78, 5) is 2.92. The largest absolute Gasteiger partial charge is 0.317 e. The highest BCUT2D eigenvalue weighted by Crippen LogP contribution is 2.23. The van der Waals surface area contributed by atoms with Crippen molar-refractivity contribution in [1.29, 1.82) is 0 Å². The molecule has 1 rings (SSSR count). The van der Waals surface area contributed by atoms with Crippen LogP contribution < -0.4 is 0 Å². The molecule has 0 atom stereocenters. The van der Waals surface area contributed by atoms with Gasteiger partial charge in [0.1, 0.15) is 0 Å². The van der Waals surface area contributed by atoms with E-state index in [-0.39, 0.29) is 12.6 Å². The fourth-order valence-electron chi connectivity index (χ4n) is 1.33. The lowest BCUT2D eigenvalue weighted by atomic mass is 10.2. The van der Waals surface area contributed by atoms with E-state index in [1.807, 2.05) is 13.8 Å². The molecule has 4 heteroatoms. The van der Waals surface area contributed by atoms with E-state index in [0.717, 1.165) is 11.4 Å². The van der Waals surface area contributed by atoms with Gasteiger partial charge in [-0.2, -0.15) is 8.78 Å². The zero-order valence-corrected chi connectivity index (χ0v) is 7.85. The van der Waals surface area contributed by atoms with Crippen LogP contribution in [0.25, 0.3) is 0 Å². The molecule has 0 saturated carbocycles. The standard InChI is InChI=1S/C8H16F2N2/c1-7(2)12-5-4-11(3)8(9,10)6-12/h7H,4-6H2,1-3H3. The summed E-state index contributed by atoms with van der Waals surface area (Å²) in [5, 5.41) is 0. The van der Waals surface area contributed by atoms with Crippen molar-refractivity contribution in [2.75, 3.05) is 26.7 Å². The highest BCUT2D eigenvalue weighted by molar-refractivity contribution is 4.80. The second kappa shape index (κ2) is 3.26. The van der Waals surface area contributed by atoms with Gasteiger partial charge in [0.25, 0.3) is 0 Å². The van der Waals surface area contributed by atoms with Crippen LogP contribution in [0.5, 0.6) is 0 Å². The molecular formula is C8H16F2N2. The lowest BCUT2D eigenvalue weighted by Crippen LogP contribution is -2.57. The van der Waals surface area contributed by atoms with E-state index in [4.69, 9.17) is 0 Å². The number of nitrogens with zero attached hydrogens (tertiary/aromatic N) is 2. The first-order valence-corrected chi connectivity index (χ1v) is 4.26. The topological polar surface area (TPSA) is 6.48 Å². The van der Waals surface area contributed by atoms with E-state index in [9.17, 15) is 8.78 Å². The molecule has 1 fully saturated rings. The van der Waals surface area contributed by atoms with Gasteiger partial charge in [0.2, 0.25) is 0 Å². The number of rotatable bonds is 1. The average molecular weight is 178 g/mol. The summed E-state index contributed by atoms with van der Waals surface area (Å²) in [6.45, 7) is 4.94. The fourth-order valence-corrected chi connectivity index (χ4v) is 1.33. The summed E-state index contributed by atoms with van der Waals surface area (Å²) in [7, 11) is 1.47. The van der Waals surface area contributed by atoms with Gasteiger partial charge in [0, 0.05) is 19.1 Å². The number of likely N-dealkylation sites (N-methyl/N-ethyl adjacent to an activating group) is 1. The molecule has 0 aliphatic carbocycles. The summed E-state index contributed by atoms with van der Waals surface area (Å²) >= 11 is 0. The Morgan fingerprint density at radius 1 is 1.25 bits per heavy atom. The van der Waals surface area contributed by atoms with Crippen molar-refractivity contribution < 1.29 is 8.78 Å². The highest BCUT2D eigenvalue weighted by atomic mass is 19.3. The van der Waals surface area contributed by atoms with E-state index in [1.54, 1.807) is 4.90 Å². The normalized spacial score (nSPS) is 26.5. The van der Waals surface area contributed by atoms with Gasteiger partial charge in [0.05, 0.1) is 6.54 Å². The first-order chi connectivity index (χ1) is 5.43. The molecule has 0 radical (unpaired) electrons. The summed E-state index contributed by atoms with van der Waals surface area (Å²) < 4.78 is 26.2. The smallest absolute Gasteiger partial charge is 0.293 e. The number of alkyl halides is 2. The predicted molar refractivity (Wildman–Crippen MR) is 44.3 cm³/mol. The maximum Gasteiger partial charge on any atom is 0.317 e. The van der Waals surface area contributed by atoms with Crippen LogP contribution in [0.3, 0.4) is 0 Å². The van der Waals surface area contributed by atoms with E-state index in [1.165, 1.54) is 7.05 Å². The van der Waals surface area contributed by atoms with Crippen LogP contribution in [0.4, 0.5) is 8.78 Å². The first-order valence-electron chi connectivity index (χ1n) is 4.26. The van der Waals surface area contributed by atoms with Crippen LogP contribution in [0, 0.1) is 0 Å². The molecule has 1 heterocycles. The molecule has 1 saturated heterocycles. The van der Waals surface area contributed by atoms with Crippen LogP contribution in [-0.4, -0.2) is 48.6 Å². The number of hydrogen-bond donors (Lipinski definition) is 0. The minimum atomic E-state index is -2.65. The van der Waals surface area contributed by atoms with Crippen molar-refractivity contribution in [2.24, 2.45) is 0 Å². The van der Waals surface area contributed by atoms with Crippen molar-refractivity contribution in [1.82, 2.24) is 9.80 Å². The van der Waals surface area contributed by atoms with Crippen molar-refractivity contribution in [2.45, 2.75) is 25.9 Å². The average Bonchev–Trinajstić information content (AvgIpc) is 1.94. The third kappa shape index (κ3) is 1.93. The molecule has 0 aromatic carbocycles. The molecule has 1 aliphatic heterocycles. The maximum atomic E-state index is 13.1. The second-order valence-corrected chi connectivity index (χ2v) is 3.65. The predicted octanol–water partition coefficient (Wildman–Crippen LogP) is 1.24. The summed E-state index contributed by atoms with van der Waals surface area (Å²) in [5.74, 6) is 0. The van der Waals surface area contributed by atoms with Crippen LogP contribution in [0.1, 0.15) is 13.8 Å². The molecule has 72 valence electrons. The molecule has 0 aromatic heterocycles. The van der Waals surface area contributed by atoms with Crippen molar-refractivity contribution in [3.05, 3.63) is 0 Å². The van der Waals surface area contributed by atoms with Crippen LogP contribution in [0.15, 0.2) is 0 Å². The Hall–Kier alpha value is -0.220. The Morgan fingerprint density at radius 2 is 1.83 bits per heavy atom. The molecule has 0 N–H and O–H groups in total. The highest BCUT2D eigenvalue weighted by Gasteiger charge is 2.40. The lowest BCUT2D eigenvalue weighted by molar-refractivity contribution is -0.178. The Kier molecular flexibility index (Phi) is 2.68. The van der Waals surface area contributed by atoms with Gasteiger partial charge in [-0.3, -0.25) is 4.90 Å². The van der Waals surface area contributed by atoms with Gasteiger partial charge in [-0.25, -0.2) is 4.90 Å². The quantitative estimate of drug-likeness (QED) is 0.557. The minimum Gasteiger partial charge on any atom is -0.293 e. The number of hydrogen-bond acceptors (Lipinski definition) is 2. The lowest BCUT2D eigenvalue weighted by Gasteiger charge is -2.40. The first kappa shape index (κ1) is 9.86. The Labute approximate surface area is 72.1 Å². The Balaban J connectivity index is 2.57. The zero-order valence-electron chi connectivity index (χ0n) is 7.85. The maximum absolute atomic E-state index is 13.1. The van der Waals surface area contributed by atoms with Gasteiger partial charge in [-0.05, 0) is 20.9 Å². The minimum absolute atomic E-state index is 0.138. The summed E-state index contributed by atoms with van der Waals surface area (Å²) in [5.41, 5.74) is 0. The number of piperazine rings is 1. The van der Waals surface area contributed by atoms with Crippen molar-refractivity contribution in [3.63, 3.8) is 0 Å². The van der Waals surface area contributed by atoms with Crippen LogP contribution >= 0.6 is 0 Å². The second-order valence-electron chi connectivity index (χ2n) is 3.65. The fraction of sp³-hybridized carbons (Fsp3) is 1.00. The van der Waals surface area contributed by atoms with Crippen LogP contribution in [0.2, 0.25) is 0 Å².